The summed E-state index contributed by atoms with van der Waals surface area (Å²) in [6, 6.07) is 0. The number of unbranched alkanes of at least 4 members (excludes halogenated alkanes) is 26. The molecule has 53 heavy (non-hydrogen) atoms. The SMILES string of the molecule is CCCC/C=C\CCCCCCCC(=O)OC(COCCCCCCCCCCCCCCCCCCCCCC)COP(=O)(O)OCC[N+](C)(C)C. The van der Waals surface area contributed by atoms with Crippen LogP contribution in [0, 0.1) is 0 Å². The van der Waals surface area contributed by atoms with E-state index in [2.05, 4.69) is 26.0 Å². The minimum absolute atomic E-state index is 0.0901. The predicted octanol–water partition coefficient (Wildman–Crippen LogP) is 13.1. The Balaban J connectivity index is 4.11. The topological polar surface area (TPSA) is 91.3 Å². The number of hydrogen-bond acceptors (Lipinski definition) is 6. The van der Waals surface area contributed by atoms with E-state index in [0.717, 1.165) is 44.9 Å². The molecular weight excluding hydrogens is 685 g/mol. The van der Waals surface area contributed by atoms with Crippen LogP contribution < -0.4 is 0 Å². The molecule has 0 aromatic carbocycles. The molecule has 0 radical (unpaired) electrons. The van der Waals surface area contributed by atoms with Crippen molar-refractivity contribution in [3.05, 3.63) is 12.2 Å². The highest BCUT2D eigenvalue weighted by Gasteiger charge is 2.26. The summed E-state index contributed by atoms with van der Waals surface area (Å²) in [7, 11) is 1.67. The van der Waals surface area contributed by atoms with Crippen LogP contribution in [-0.4, -0.2) is 75.6 Å². The number of phosphoric acid groups is 1. The van der Waals surface area contributed by atoms with E-state index < -0.39 is 13.9 Å². The lowest BCUT2D eigenvalue weighted by Crippen LogP contribution is -2.37. The fraction of sp³-hybridized carbons (Fsp3) is 0.932. The van der Waals surface area contributed by atoms with Gasteiger partial charge in [-0.2, -0.15) is 0 Å². The predicted molar refractivity (Wildman–Crippen MR) is 224 cm³/mol. The van der Waals surface area contributed by atoms with E-state index in [1.807, 2.05) is 21.1 Å². The molecular formula is C44H89NO7P+. The monoisotopic (exact) mass is 775 g/mol. The van der Waals surface area contributed by atoms with Crippen molar-refractivity contribution in [3.8, 4) is 0 Å². The van der Waals surface area contributed by atoms with Crippen LogP contribution in [0.4, 0.5) is 0 Å². The number of carbonyl (C=O) groups excluding carboxylic acids is 1. The molecule has 0 amide bonds. The van der Waals surface area contributed by atoms with Gasteiger partial charge in [0.1, 0.15) is 19.3 Å². The molecule has 0 heterocycles. The number of carbonyl (C=O) groups is 1. The van der Waals surface area contributed by atoms with Crippen molar-refractivity contribution in [2.75, 3.05) is 54.1 Å². The molecule has 0 aliphatic carbocycles. The van der Waals surface area contributed by atoms with Gasteiger partial charge >= 0.3 is 13.8 Å². The Morgan fingerprint density at radius 1 is 0.566 bits per heavy atom. The first-order valence-electron chi connectivity index (χ1n) is 22.4. The third-order valence-corrected chi connectivity index (χ3v) is 10.8. The first kappa shape index (κ1) is 52.2. The maximum absolute atomic E-state index is 12.6. The maximum atomic E-state index is 12.6. The van der Waals surface area contributed by atoms with E-state index in [9.17, 15) is 14.3 Å². The number of hydrogen-bond donors (Lipinski definition) is 1. The van der Waals surface area contributed by atoms with Gasteiger partial charge in [-0.3, -0.25) is 13.8 Å². The van der Waals surface area contributed by atoms with Gasteiger partial charge in [-0.1, -0.05) is 180 Å². The average molecular weight is 775 g/mol. The summed E-state index contributed by atoms with van der Waals surface area (Å²) in [5.41, 5.74) is 0. The van der Waals surface area contributed by atoms with Crippen LogP contribution in [0.5, 0.6) is 0 Å². The smallest absolute Gasteiger partial charge is 0.457 e. The molecule has 0 aliphatic heterocycles. The van der Waals surface area contributed by atoms with E-state index in [1.54, 1.807) is 0 Å². The molecule has 0 saturated carbocycles. The second-order valence-corrected chi connectivity index (χ2v) is 17.9. The zero-order chi connectivity index (χ0) is 39.1. The Hall–Kier alpha value is -0.760. The van der Waals surface area contributed by atoms with Gasteiger partial charge < -0.3 is 18.9 Å². The number of phosphoric ester groups is 1. The molecule has 0 spiro atoms. The Morgan fingerprint density at radius 2 is 1.00 bits per heavy atom. The van der Waals surface area contributed by atoms with Gasteiger partial charge in [0, 0.05) is 13.0 Å². The highest BCUT2D eigenvalue weighted by atomic mass is 31.2. The molecule has 1 N–H and O–H groups in total. The summed E-state index contributed by atoms with van der Waals surface area (Å²) in [6.45, 7) is 5.61. The maximum Gasteiger partial charge on any atom is 0.472 e. The van der Waals surface area contributed by atoms with E-state index in [-0.39, 0.29) is 25.8 Å². The van der Waals surface area contributed by atoms with Crippen molar-refractivity contribution in [1.82, 2.24) is 0 Å². The van der Waals surface area contributed by atoms with Crippen LogP contribution >= 0.6 is 7.82 Å². The summed E-state index contributed by atoms with van der Waals surface area (Å²) in [5, 5.41) is 0. The van der Waals surface area contributed by atoms with E-state index in [0.29, 0.717) is 24.1 Å². The van der Waals surface area contributed by atoms with Crippen LogP contribution in [0.1, 0.15) is 206 Å². The van der Waals surface area contributed by atoms with Crippen molar-refractivity contribution in [1.29, 1.82) is 0 Å². The zero-order valence-corrected chi connectivity index (χ0v) is 36.7. The molecule has 0 rings (SSSR count). The summed E-state index contributed by atoms with van der Waals surface area (Å²) >= 11 is 0. The Morgan fingerprint density at radius 3 is 1.49 bits per heavy atom. The molecule has 0 saturated heterocycles. The normalized spacial score (nSPS) is 13.8. The summed E-state index contributed by atoms with van der Waals surface area (Å²) in [5.74, 6) is -0.321. The highest BCUT2D eigenvalue weighted by Crippen LogP contribution is 2.43. The quantitative estimate of drug-likeness (QED) is 0.0217. The summed E-state index contributed by atoms with van der Waals surface area (Å²) < 4.78 is 35.0. The van der Waals surface area contributed by atoms with E-state index in [1.165, 1.54) is 141 Å². The average Bonchev–Trinajstić information content (AvgIpc) is 3.11. The minimum Gasteiger partial charge on any atom is -0.457 e. The largest absolute Gasteiger partial charge is 0.472 e. The Labute approximate surface area is 329 Å². The van der Waals surface area contributed by atoms with E-state index >= 15 is 0 Å². The third-order valence-electron chi connectivity index (χ3n) is 9.83. The van der Waals surface area contributed by atoms with Crippen LogP contribution in [0.3, 0.4) is 0 Å². The molecule has 9 heteroatoms. The molecule has 8 nitrogen and oxygen atoms in total. The second-order valence-electron chi connectivity index (χ2n) is 16.4. The standard InChI is InChI=1S/C44H88NO7P/c1-6-8-10-12-14-16-18-19-20-21-22-23-24-25-26-28-30-32-34-36-39-49-41-43(42-51-53(47,48)50-40-38-45(3,4)5)52-44(46)37-35-33-31-29-27-17-15-13-11-9-7-2/h13,15,43H,6-12,14,16-42H2,1-5H3/p+1/b15-13-. The number of allylic oxidation sites excluding steroid dienone is 2. The molecule has 0 fully saturated rings. The molecule has 2 unspecified atom stereocenters. The second kappa shape index (κ2) is 38.1. The summed E-state index contributed by atoms with van der Waals surface area (Å²) in [6.07, 6.45) is 41.1. The Kier molecular flexibility index (Phi) is 37.6. The van der Waals surface area contributed by atoms with Gasteiger partial charge in [-0.05, 0) is 32.1 Å². The molecule has 0 aromatic heterocycles. The highest BCUT2D eigenvalue weighted by molar-refractivity contribution is 7.47. The van der Waals surface area contributed by atoms with Crippen LogP contribution in [0.25, 0.3) is 0 Å². The van der Waals surface area contributed by atoms with Gasteiger partial charge in [0.2, 0.25) is 0 Å². The molecule has 0 aromatic rings. The fourth-order valence-electron chi connectivity index (χ4n) is 6.30. The molecule has 2 atom stereocenters. The van der Waals surface area contributed by atoms with Crippen molar-refractivity contribution in [3.63, 3.8) is 0 Å². The lowest BCUT2D eigenvalue weighted by Gasteiger charge is -2.24. The van der Waals surface area contributed by atoms with Gasteiger partial charge in [0.25, 0.3) is 0 Å². The van der Waals surface area contributed by atoms with Gasteiger partial charge in [0.05, 0.1) is 34.4 Å². The minimum atomic E-state index is -4.27. The lowest BCUT2D eigenvalue weighted by atomic mass is 10.0. The van der Waals surface area contributed by atoms with Crippen molar-refractivity contribution >= 4 is 13.8 Å². The van der Waals surface area contributed by atoms with Crippen molar-refractivity contribution in [2.45, 2.75) is 213 Å². The number of ether oxygens (including phenoxy) is 2. The molecule has 316 valence electrons. The van der Waals surface area contributed by atoms with Gasteiger partial charge in [-0.15, -0.1) is 0 Å². The summed E-state index contributed by atoms with van der Waals surface area (Å²) in [4.78, 5) is 22.8. The molecule has 0 bridgehead atoms. The number of rotatable bonds is 42. The van der Waals surface area contributed by atoms with Crippen molar-refractivity contribution in [2.24, 2.45) is 0 Å². The zero-order valence-electron chi connectivity index (χ0n) is 35.8. The fourth-order valence-corrected chi connectivity index (χ4v) is 7.04. The third kappa shape index (κ3) is 42.2. The molecule has 0 aliphatic rings. The van der Waals surface area contributed by atoms with Crippen LogP contribution in [-0.2, 0) is 27.9 Å². The number of quaternary nitrogens is 1. The number of esters is 1. The number of nitrogens with zero attached hydrogens (tertiary/aromatic N) is 1. The van der Waals surface area contributed by atoms with Crippen LogP contribution in [0.15, 0.2) is 12.2 Å². The van der Waals surface area contributed by atoms with Gasteiger partial charge in [0.15, 0.2) is 0 Å². The number of likely N-dealkylation sites (N-methyl/N-ethyl adjacent to an activating group) is 1. The van der Waals surface area contributed by atoms with Crippen LogP contribution in [0.2, 0.25) is 0 Å². The first-order valence-corrected chi connectivity index (χ1v) is 23.9. The van der Waals surface area contributed by atoms with Crippen molar-refractivity contribution < 1.29 is 37.3 Å². The van der Waals surface area contributed by atoms with Gasteiger partial charge in [-0.25, -0.2) is 4.57 Å². The first-order chi connectivity index (χ1) is 25.6. The van der Waals surface area contributed by atoms with E-state index in [4.69, 9.17) is 18.5 Å². The lowest BCUT2D eigenvalue weighted by molar-refractivity contribution is -0.870. The Bertz CT molecular complexity index is 863.